The Balaban J connectivity index is 1.83. The van der Waals surface area contributed by atoms with Crippen molar-refractivity contribution in [2.45, 2.75) is 13.0 Å². The number of nitrogens with zero attached hydrogens (tertiary/aromatic N) is 2. The summed E-state index contributed by atoms with van der Waals surface area (Å²) in [6, 6.07) is 16.2. The zero-order chi connectivity index (χ0) is 13.9. The van der Waals surface area contributed by atoms with Gasteiger partial charge in [-0.1, -0.05) is 12.1 Å². The van der Waals surface area contributed by atoms with Crippen molar-refractivity contribution in [3.63, 3.8) is 0 Å². The highest BCUT2D eigenvalue weighted by Gasteiger charge is 2.19. The highest BCUT2D eigenvalue weighted by molar-refractivity contribution is 5.60. The van der Waals surface area contributed by atoms with Crippen molar-refractivity contribution < 1.29 is 4.74 Å². The van der Waals surface area contributed by atoms with Gasteiger partial charge in [0.2, 0.25) is 0 Å². The van der Waals surface area contributed by atoms with E-state index in [1.165, 1.54) is 16.8 Å². The molecule has 100 valence electrons. The van der Waals surface area contributed by atoms with Crippen LogP contribution in [0.3, 0.4) is 0 Å². The van der Waals surface area contributed by atoms with E-state index in [2.05, 4.69) is 29.2 Å². The number of hydrogen-bond donors (Lipinski definition) is 0. The molecule has 1 aliphatic heterocycles. The molecule has 20 heavy (non-hydrogen) atoms. The van der Waals surface area contributed by atoms with Crippen LogP contribution in [-0.4, -0.2) is 13.7 Å². The molecule has 0 unspecified atom stereocenters. The van der Waals surface area contributed by atoms with Crippen molar-refractivity contribution in [3.8, 4) is 11.8 Å². The molecule has 0 radical (unpaired) electrons. The lowest BCUT2D eigenvalue weighted by Gasteiger charge is -2.19. The number of fused-ring (bicyclic) bond motifs is 1. The molecule has 0 saturated carbocycles. The number of methoxy groups -OCH3 is 1. The average molecular weight is 264 g/mol. The van der Waals surface area contributed by atoms with E-state index in [4.69, 9.17) is 10.00 Å². The minimum atomic E-state index is 0.719. The standard InChI is InChI=1S/C17H16N2O/c1-20-16-5-6-17-15(10-16)7-8-19(17)12-14-4-2-3-13(9-14)11-18/h2-6,9-10H,7-8,12H2,1H3. The lowest BCUT2D eigenvalue weighted by molar-refractivity contribution is 0.414. The Labute approximate surface area is 119 Å². The van der Waals surface area contributed by atoms with Crippen LogP contribution in [0.15, 0.2) is 42.5 Å². The maximum atomic E-state index is 8.96. The molecule has 2 aromatic carbocycles. The summed E-state index contributed by atoms with van der Waals surface area (Å²) in [5, 5.41) is 8.96. The van der Waals surface area contributed by atoms with Gasteiger partial charge in [-0.2, -0.15) is 5.26 Å². The highest BCUT2D eigenvalue weighted by atomic mass is 16.5. The van der Waals surface area contributed by atoms with E-state index in [0.717, 1.165) is 30.8 Å². The van der Waals surface area contributed by atoms with Crippen molar-refractivity contribution in [2.24, 2.45) is 0 Å². The van der Waals surface area contributed by atoms with Crippen LogP contribution in [0.1, 0.15) is 16.7 Å². The van der Waals surface area contributed by atoms with Crippen LogP contribution in [0, 0.1) is 11.3 Å². The minimum absolute atomic E-state index is 0.719. The van der Waals surface area contributed by atoms with E-state index in [-0.39, 0.29) is 0 Å². The monoisotopic (exact) mass is 264 g/mol. The molecule has 1 aliphatic rings. The van der Waals surface area contributed by atoms with E-state index < -0.39 is 0 Å². The summed E-state index contributed by atoms with van der Waals surface area (Å²) in [5.41, 5.74) is 4.50. The number of ether oxygens (including phenoxy) is 1. The molecule has 0 aliphatic carbocycles. The molecule has 0 bridgehead atoms. The number of hydrogen-bond acceptors (Lipinski definition) is 3. The van der Waals surface area contributed by atoms with Crippen LogP contribution >= 0.6 is 0 Å². The van der Waals surface area contributed by atoms with E-state index in [1.54, 1.807) is 7.11 Å². The molecule has 0 aromatic heterocycles. The first kappa shape index (κ1) is 12.6. The van der Waals surface area contributed by atoms with Gasteiger partial charge in [0.25, 0.3) is 0 Å². The summed E-state index contributed by atoms with van der Waals surface area (Å²) < 4.78 is 5.27. The quantitative estimate of drug-likeness (QED) is 0.854. The van der Waals surface area contributed by atoms with Crippen molar-refractivity contribution in [3.05, 3.63) is 59.2 Å². The molecule has 0 N–H and O–H groups in total. The second kappa shape index (κ2) is 5.26. The molecule has 3 rings (SSSR count). The van der Waals surface area contributed by atoms with Crippen LogP contribution in [0.4, 0.5) is 5.69 Å². The second-order valence-corrected chi connectivity index (χ2v) is 4.98. The summed E-state index contributed by atoms with van der Waals surface area (Å²) in [4.78, 5) is 2.35. The van der Waals surface area contributed by atoms with Crippen molar-refractivity contribution in [2.75, 3.05) is 18.6 Å². The molecule has 0 amide bonds. The van der Waals surface area contributed by atoms with E-state index in [0.29, 0.717) is 0 Å². The summed E-state index contributed by atoms with van der Waals surface area (Å²) in [6.07, 6.45) is 1.05. The Morgan fingerprint density at radius 1 is 1.25 bits per heavy atom. The fourth-order valence-electron chi connectivity index (χ4n) is 2.70. The van der Waals surface area contributed by atoms with Crippen molar-refractivity contribution in [1.29, 1.82) is 5.26 Å². The molecule has 0 atom stereocenters. The van der Waals surface area contributed by atoms with Crippen LogP contribution in [0.25, 0.3) is 0 Å². The fourth-order valence-corrected chi connectivity index (χ4v) is 2.70. The van der Waals surface area contributed by atoms with Gasteiger partial charge in [-0.05, 0) is 47.9 Å². The van der Waals surface area contributed by atoms with Gasteiger partial charge in [-0.25, -0.2) is 0 Å². The van der Waals surface area contributed by atoms with Gasteiger partial charge >= 0.3 is 0 Å². The SMILES string of the molecule is COc1ccc2c(c1)CCN2Cc1cccc(C#N)c1. The van der Waals surface area contributed by atoms with Crippen molar-refractivity contribution >= 4 is 5.69 Å². The first-order valence-electron chi connectivity index (χ1n) is 6.71. The average Bonchev–Trinajstić information content (AvgIpc) is 2.89. The zero-order valence-corrected chi connectivity index (χ0v) is 11.5. The van der Waals surface area contributed by atoms with Gasteiger partial charge in [0.1, 0.15) is 5.75 Å². The molecule has 0 spiro atoms. The molecular weight excluding hydrogens is 248 g/mol. The van der Waals surface area contributed by atoms with Gasteiger partial charge in [0.15, 0.2) is 0 Å². The largest absolute Gasteiger partial charge is 0.497 e. The van der Waals surface area contributed by atoms with Crippen LogP contribution in [-0.2, 0) is 13.0 Å². The third-order valence-corrected chi connectivity index (χ3v) is 3.71. The predicted molar refractivity (Wildman–Crippen MR) is 78.9 cm³/mol. The normalized spacial score (nSPS) is 12.9. The molecular formula is C17H16N2O. The molecule has 3 heteroatoms. The number of anilines is 1. The first-order chi connectivity index (χ1) is 9.80. The van der Waals surface area contributed by atoms with Gasteiger partial charge in [0.05, 0.1) is 18.7 Å². The molecule has 0 saturated heterocycles. The van der Waals surface area contributed by atoms with Crippen LogP contribution < -0.4 is 9.64 Å². The smallest absolute Gasteiger partial charge is 0.119 e. The Morgan fingerprint density at radius 2 is 2.15 bits per heavy atom. The second-order valence-electron chi connectivity index (χ2n) is 4.98. The summed E-state index contributed by atoms with van der Waals surface area (Å²) in [5.74, 6) is 0.914. The predicted octanol–water partition coefficient (Wildman–Crippen LogP) is 3.13. The fraction of sp³-hybridized carbons (Fsp3) is 0.235. The summed E-state index contributed by atoms with van der Waals surface area (Å²) in [6.45, 7) is 1.86. The highest BCUT2D eigenvalue weighted by Crippen LogP contribution is 2.32. The molecule has 0 fully saturated rings. The minimum Gasteiger partial charge on any atom is -0.497 e. The molecule has 2 aromatic rings. The third-order valence-electron chi connectivity index (χ3n) is 3.71. The zero-order valence-electron chi connectivity index (χ0n) is 11.5. The van der Waals surface area contributed by atoms with Crippen LogP contribution in [0.5, 0.6) is 5.75 Å². The van der Waals surface area contributed by atoms with Crippen LogP contribution in [0.2, 0.25) is 0 Å². The van der Waals surface area contributed by atoms with Gasteiger partial charge < -0.3 is 9.64 Å². The van der Waals surface area contributed by atoms with Crippen molar-refractivity contribution in [1.82, 2.24) is 0 Å². The number of nitriles is 1. The topological polar surface area (TPSA) is 36.3 Å². The molecule has 1 heterocycles. The number of benzene rings is 2. The summed E-state index contributed by atoms with van der Waals surface area (Å²) >= 11 is 0. The van der Waals surface area contributed by atoms with Gasteiger partial charge in [0, 0.05) is 18.8 Å². The lowest BCUT2D eigenvalue weighted by Crippen LogP contribution is -2.19. The molecule has 3 nitrogen and oxygen atoms in total. The third kappa shape index (κ3) is 2.33. The van der Waals surface area contributed by atoms with E-state index >= 15 is 0 Å². The maximum absolute atomic E-state index is 8.96. The lowest BCUT2D eigenvalue weighted by atomic mass is 10.1. The number of rotatable bonds is 3. The van der Waals surface area contributed by atoms with E-state index in [1.807, 2.05) is 24.3 Å². The Bertz CT molecular complexity index is 673. The maximum Gasteiger partial charge on any atom is 0.119 e. The summed E-state index contributed by atoms with van der Waals surface area (Å²) in [7, 11) is 1.70. The van der Waals surface area contributed by atoms with E-state index in [9.17, 15) is 0 Å². The Hall–Kier alpha value is -2.47. The van der Waals surface area contributed by atoms with Gasteiger partial charge in [-0.3, -0.25) is 0 Å². The Kier molecular flexibility index (Phi) is 3.30. The van der Waals surface area contributed by atoms with Gasteiger partial charge in [-0.15, -0.1) is 0 Å². The Morgan fingerprint density at radius 3 is 2.95 bits per heavy atom. The first-order valence-corrected chi connectivity index (χ1v) is 6.71.